The minimum absolute atomic E-state index is 0.0855. The molecule has 1 aliphatic rings. The molecule has 1 aliphatic heterocycles. The van der Waals surface area contributed by atoms with Crippen molar-refractivity contribution in [3.8, 4) is 0 Å². The Balaban J connectivity index is 1.54. The third kappa shape index (κ3) is 5.00. The van der Waals surface area contributed by atoms with Crippen LogP contribution >= 0.6 is 0 Å². The van der Waals surface area contributed by atoms with Crippen LogP contribution in [0.2, 0.25) is 0 Å². The molecule has 0 bridgehead atoms. The van der Waals surface area contributed by atoms with Gasteiger partial charge in [-0.05, 0) is 42.5 Å². The van der Waals surface area contributed by atoms with Gasteiger partial charge in [0.25, 0.3) is 0 Å². The number of nitrogens with zero attached hydrogens (tertiary/aromatic N) is 1. The van der Waals surface area contributed by atoms with Crippen molar-refractivity contribution in [2.75, 3.05) is 19.6 Å². The van der Waals surface area contributed by atoms with Crippen molar-refractivity contribution >= 4 is 15.9 Å². The van der Waals surface area contributed by atoms with Crippen molar-refractivity contribution < 1.29 is 22.0 Å². The number of carbonyl (C=O) groups is 1. The lowest BCUT2D eigenvalue weighted by molar-refractivity contribution is -0.126. The minimum atomic E-state index is -3.92. The number of piperidine rings is 1. The van der Waals surface area contributed by atoms with E-state index in [0.29, 0.717) is 25.5 Å². The van der Waals surface area contributed by atoms with Crippen molar-refractivity contribution in [1.29, 1.82) is 0 Å². The number of amides is 1. The maximum absolute atomic E-state index is 13.4. The number of hydrogen-bond acceptors (Lipinski definition) is 3. The topological polar surface area (TPSA) is 66.5 Å². The summed E-state index contributed by atoms with van der Waals surface area (Å²) in [5.74, 6) is -2.47. The van der Waals surface area contributed by atoms with E-state index in [1.165, 1.54) is 4.31 Å². The van der Waals surface area contributed by atoms with Gasteiger partial charge in [0.1, 0.15) is 0 Å². The van der Waals surface area contributed by atoms with Crippen LogP contribution in [0.5, 0.6) is 0 Å². The van der Waals surface area contributed by atoms with Crippen LogP contribution in [0.3, 0.4) is 0 Å². The first-order valence-corrected chi connectivity index (χ1v) is 11.0. The van der Waals surface area contributed by atoms with Crippen molar-refractivity contribution in [2.45, 2.75) is 30.6 Å². The maximum Gasteiger partial charge on any atom is 0.243 e. The highest BCUT2D eigenvalue weighted by atomic mass is 32.2. The standard InChI is InChI=1S/C21H24F2N2O3S/c1-15(16-5-3-2-4-6-16)14-24-21(26)17-9-11-25(12-10-17)29(27,28)18-7-8-19(22)20(23)13-18/h2-8,13,15,17H,9-12,14H2,1H3,(H,24,26). The molecule has 1 amide bonds. The molecule has 1 unspecified atom stereocenters. The van der Waals surface area contributed by atoms with Crippen LogP contribution in [-0.4, -0.2) is 38.3 Å². The van der Waals surface area contributed by atoms with Gasteiger partial charge < -0.3 is 5.32 Å². The van der Waals surface area contributed by atoms with Gasteiger partial charge in [-0.15, -0.1) is 0 Å². The molecule has 156 valence electrons. The van der Waals surface area contributed by atoms with Crippen LogP contribution in [0.25, 0.3) is 0 Å². The Bertz CT molecular complexity index is 959. The molecule has 2 aromatic carbocycles. The Kier molecular flexibility index (Phi) is 6.64. The molecular formula is C21H24F2N2O3S. The first kappa shape index (κ1) is 21.4. The van der Waals surface area contributed by atoms with E-state index in [1.54, 1.807) is 0 Å². The summed E-state index contributed by atoms with van der Waals surface area (Å²) in [4.78, 5) is 12.2. The lowest BCUT2D eigenvalue weighted by atomic mass is 9.96. The van der Waals surface area contributed by atoms with Crippen LogP contribution in [0.1, 0.15) is 31.2 Å². The normalized spacial score (nSPS) is 17.1. The van der Waals surface area contributed by atoms with E-state index >= 15 is 0 Å². The Morgan fingerprint density at radius 2 is 1.76 bits per heavy atom. The third-order valence-corrected chi connectivity index (χ3v) is 7.20. The molecule has 1 N–H and O–H groups in total. The van der Waals surface area contributed by atoms with E-state index in [2.05, 4.69) is 5.32 Å². The molecule has 3 rings (SSSR count). The highest BCUT2D eigenvalue weighted by Gasteiger charge is 2.32. The third-order valence-electron chi connectivity index (χ3n) is 5.30. The summed E-state index contributed by atoms with van der Waals surface area (Å²) in [7, 11) is -3.92. The minimum Gasteiger partial charge on any atom is -0.355 e. The Hall–Kier alpha value is -2.32. The van der Waals surface area contributed by atoms with Gasteiger partial charge in [-0.3, -0.25) is 4.79 Å². The van der Waals surface area contributed by atoms with E-state index in [0.717, 1.165) is 17.7 Å². The van der Waals surface area contributed by atoms with Crippen LogP contribution in [-0.2, 0) is 14.8 Å². The lowest BCUT2D eigenvalue weighted by Gasteiger charge is -2.30. The number of rotatable bonds is 6. The summed E-state index contributed by atoms with van der Waals surface area (Å²) < 4.78 is 53.0. The van der Waals surface area contributed by atoms with Crippen LogP contribution < -0.4 is 5.32 Å². The summed E-state index contributed by atoms with van der Waals surface area (Å²) in [6.07, 6.45) is 0.767. The van der Waals surface area contributed by atoms with Gasteiger partial charge in [0, 0.05) is 25.6 Å². The monoisotopic (exact) mass is 422 g/mol. The lowest BCUT2D eigenvalue weighted by Crippen LogP contribution is -2.43. The number of sulfonamides is 1. The average Bonchev–Trinajstić information content (AvgIpc) is 2.74. The van der Waals surface area contributed by atoms with Crippen molar-refractivity contribution in [2.24, 2.45) is 5.92 Å². The zero-order chi connectivity index (χ0) is 21.0. The molecule has 2 aromatic rings. The van der Waals surface area contributed by atoms with E-state index in [-0.39, 0.29) is 35.7 Å². The second-order valence-corrected chi connectivity index (χ2v) is 9.25. The molecule has 0 aromatic heterocycles. The maximum atomic E-state index is 13.4. The van der Waals surface area contributed by atoms with Gasteiger partial charge in [-0.25, -0.2) is 17.2 Å². The van der Waals surface area contributed by atoms with Gasteiger partial charge in [-0.1, -0.05) is 37.3 Å². The zero-order valence-corrected chi connectivity index (χ0v) is 17.0. The fraction of sp³-hybridized carbons (Fsp3) is 0.381. The fourth-order valence-corrected chi connectivity index (χ4v) is 4.92. The van der Waals surface area contributed by atoms with E-state index in [9.17, 15) is 22.0 Å². The first-order valence-electron chi connectivity index (χ1n) is 9.57. The van der Waals surface area contributed by atoms with E-state index < -0.39 is 21.7 Å². The Morgan fingerprint density at radius 3 is 2.38 bits per heavy atom. The molecule has 1 saturated heterocycles. The van der Waals surface area contributed by atoms with Gasteiger partial charge in [0.2, 0.25) is 15.9 Å². The Morgan fingerprint density at radius 1 is 1.10 bits per heavy atom. The quantitative estimate of drug-likeness (QED) is 0.777. The number of benzene rings is 2. The molecule has 0 aliphatic carbocycles. The number of hydrogen-bond donors (Lipinski definition) is 1. The SMILES string of the molecule is CC(CNC(=O)C1CCN(S(=O)(=O)c2ccc(F)c(F)c2)CC1)c1ccccc1. The Labute approximate surface area is 169 Å². The predicted molar refractivity (Wildman–Crippen MR) is 106 cm³/mol. The molecule has 29 heavy (non-hydrogen) atoms. The highest BCUT2D eigenvalue weighted by Crippen LogP contribution is 2.25. The molecule has 1 atom stereocenters. The fourth-order valence-electron chi connectivity index (χ4n) is 3.44. The summed E-state index contributed by atoms with van der Waals surface area (Å²) in [6.45, 7) is 2.87. The molecular weight excluding hydrogens is 398 g/mol. The molecule has 5 nitrogen and oxygen atoms in total. The van der Waals surface area contributed by atoms with E-state index in [1.807, 2.05) is 37.3 Å². The largest absolute Gasteiger partial charge is 0.355 e. The first-order chi connectivity index (χ1) is 13.8. The van der Waals surface area contributed by atoms with Crippen LogP contribution in [0.15, 0.2) is 53.4 Å². The van der Waals surface area contributed by atoms with Crippen LogP contribution in [0, 0.1) is 17.6 Å². The smallest absolute Gasteiger partial charge is 0.243 e. The molecule has 0 saturated carbocycles. The summed E-state index contributed by atoms with van der Waals surface area (Å²) in [5.41, 5.74) is 1.14. The van der Waals surface area contributed by atoms with Crippen molar-refractivity contribution in [3.05, 3.63) is 65.7 Å². The molecule has 8 heteroatoms. The van der Waals surface area contributed by atoms with Gasteiger partial charge in [-0.2, -0.15) is 4.31 Å². The molecule has 1 heterocycles. The number of halogens is 2. The van der Waals surface area contributed by atoms with Gasteiger partial charge in [0.15, 0.2) is 11.6 Å². The highest BCUT2D eigenvalue weighted by molar-refractivity contribution is 7.89. The predicted octanol–water partition coefficient (Wildman–Crippen LogP) is 3.29. The second kappa shape index (κ2) is 9.00. The number of nitrogens with one attached hydrogen (secondary N) is 1. The summed E-state index contributed by atoms with van der Waals surface area (Å²) in [6, 6.07) is 12.4. The van der Waals surface area contributed by atoms with Gasteiger partial charge in [0.05, 0.1) is 4.90 Å². The van der Waals surface area contributed by atoms with Crippen molar-refractivity contribution in [1.82, 2.24) is 9.62 Å². The summed E-state index contributed by atoms with van der Waals surface area (Å²) >= 11 is 0. The van der Waals surface area contributed by atoms with Crippen LogP contribution in [0.4, 0.5) is 8.78 Å². The average molecular weight is 422 g/mol. The van der Waals surface area contributed by atoms with Crippen molar-refractivity contribution in [3.63, 3.8) is 0 Å². The number of carbonyl (C=O) groups excluding carboxylic acids is 1. The zero-order valence-electron chi connectivity index (χ0n) is 16.1. The molecule has 0 spiro atoms. The summed E-state index contributed by atoms with van der Waals surface area (Å²) in [5, 5.41) is 2.95. The molecule has 1 fully saturated rings. The van der Waals surface area contributed by atoms with Gasteiger partial charge >= 0.3 is 0 Å². The second-order valence-electron chi connectivity index (χ2n) is 7.31. The van der Waals surface area contributed by atoms with E-state index in [4.69, 9.17) is 0 Å². The molecule has 0 radical (unpaired) electrons.